The third-order valence-corrected chi connectivity index (χ3v) is 2.43. The number of anilines is 3. The first-order valence-corrected chi connectivity index (χ1v) is 5.28. The molecule has 0 bridgehead atoms. The second-order valence-electron chi connectivity index (χ2n) is 3.81. The van der Waals surface area contributed by atoms with Crippen LogP contribution in [0.2, 0.25) is 0 Å². The Bertz CT molecular complexity index is 599. The van der Waals surface area contributed by atoms with Crippen molar-refractivity contribution < 1.29 is 9.18 Å². The van der Waals surface area contributed by atoms with Gasteiger partial charge in [-0.1, -0.05) is 6.07 Å². The van der Waals surface area contributed by atoms with E-state index in [-0.39, 0.29) is 5.91 Å². The molecule has 0 heterocycles. The van der Waals surface area contributed by atoms with Crippen LogP contribution in [-0.4, -0.2) is 5.91 Å². The Morgan fingerprint density at radius 3 is 2.50 bits per heavy atom. The van der Waals surface area contributed by atoms with E-state index in [4.69, 9.17) is 11.5 Å². The molecule has 0 spiro atoms. The van der Waals surface area contributed by atoms with Crippen molar-refractivity contribution in [1.82, 2.24) is 0 Å². The average molecular weight is 245 g/mol. The van der Waals surface area contributed by atoms with Gasteiger partial charge >= 0.3 is 0 Å². The molecule has 1 amide bonds. The topological polar surface area (TPSA) is 81.1 Å². The van der Waals surface area contributed by atoms with Crippen molar-refractivity contribution in [3.05, 3.63) is 53.8 Å². The minimum atomic E-state index is -0.412. The molecular formula is C13H12FN3O. The lowest BCUT2D eigenvalue weighted by atomic mass is 10.1. The Balaban J connectivity index is 2.19. The molecule has 4 nitrogen and oxygen atoms in total. The third-order valence-electron chi connectivity index (χ3n) is 2.43. The number of hydrogen-bond acceptors (Lipinski definition) is 3. The molecule has 92 valence electrons. The summed E-state index contributed by atoms with van der Waals surface area (Å²) in [6, 6.07) is 10.2. The fraction of sp³-hybridized carbons (Fsp3) is 0. The van der Waals surface area contributed by atoms with Gasteiger partial charge in [0, 0.05) is 11.3 Å². The van der Waals surface area contributed by atoms with Crippen molar-refractivity contribution in [3.8, 4) is 0 Å². The Morgan fingerprint density at radius 1 is 1.06 bits per heavy atom. The number of hydrogen-bond donors (Lipinski definition) is 3. The zero-order valence-electron chi connectivity index (χ0n) is 9.48. The number of carbonyl (C=O) groups is 1. The molecule has 0 saturated carbocycles. The number of rotatable bonds is 2. The van der Waals surface area contributed by atoms with E-state index in [1.165, 1.54) is 24.3 Å². The number of benzene rings is 2. The lowest BCUT2D eigenvalue weighted by Crippen LogP contribution is -2.12. The number of nitrogen functional groups attached to an aromatic ring is 2. The van der Waals surface area contributed by atoms with Gasteiger partial charge in [-0.3, -0.25) is 4.79 Å². The monoisotopic (exact) mass is 245 g/mol. The SMILES string of the molecule is Nc1ccc(C(=O)Nc2cccc(F)c2)cc1N. The number of nitrogens with one attached hydrogen (secondary N) is 1. The minimum Gasteiger partial charge on any atom is -0.397 e. The maximum absolute atomic E-state index is 12.9. The molecule has 0 radical (unpaired) electrons. The summed E-state index contributed by atoms with van der Waals surface area (Å²) in [4.78, 5) is 11.9. The summed E-state index contributed by atoms with van der Waals surface area (Å²) < 4.78 is 12.9. The lowest BCUT2D eigenvalue weighted by Gasteiger charge is -2.07. The Kier molecular flexibility index (Phi) is 3.14. The van der Waals surface area contributed by atoms with Crippen LogP contribution in [-0.2, 0) is 0 Å². The molecule has 0 aliphatic heterocycles. The van der Waals surface area contributed by atoms with Crippen LogP contribution in [0.5, 0.6) is 0 Å². The molecule has 0 fully saturated rings. The number of halogens is 1. The second-order valence-corrected chi connectivity index (χ2v) is 3.81. The summed E-state index contributed by atoms with van der Waals surface area (Å²) in [5.41, 5.74) is 12.7. The normalized spacial score (nSPS) is 10.1. The van der Waals surface area contributed by atoms with E-state index in [1.807, 2.05) is 0 Å². The van der Waals surface area contributed by atoms with Crippen molar-refractivity contribution in [2.24, 2.45) is 0 Å². The second kappa shape index (κ2) is 4.75. The summed E-state index contributed by atoms with van der Waals surface area (Å²) in [5.74, 6) is -0.781. The maximum atomic E-state index is 12.9. The first-order chi connectivity index (χ1) is 8.56. The highest BCUT2D eigenvalue weighted by Crippen LogP contribution is 2.17. The molecule has 0 aliphatic rings. The Morgan fingerprint density at radius 2 is 1.83 bits per heavy atom. The molecule has 18 heavy (non-hydrogen) atoms. The highest BCUT2D eigenvalue weighted by atomic mass is 19.1. The molecular weight excluding hydrogens is 233 g/mol. The highest BCUT2D eigenvalue weighted by Gasteiger charge is 2.07. The first kappa shape index (κ1) is 11.9. The predicted octanol–water partition coefficient (Wildman–Crippen LogP) is 2.24. The van der Waals surface area contributed by atoms with E-state index in [0.29, 0.717) is 22.6 Å². The summed E-state index contributed by atoms with van der Waals surface area (Å²) in [5, 5.41) is 2.57. The molecule has 0 aliphatic carbocycles. The van der Waals surface area contributed by atoms with Gasteiger partial charge in [0.15, 0.2) is 0 Å². The van der Waals surface area contributed by atoms with Crippen LogP contribution in [0.1, 0.15) is 10.4 Å². The van der Waals surface area contributed by atoms with Crippen molar-refractivity contribution in [3.63, 3.8) is 0 Å². The summed E-state index contributed by atoms with van der Waals surface area (Å²) in [6.07, 6.45) is 0. The fourth-order valence-electron chi connectivity index (χ4n) is 1.49. The Labute approximate surface area is 103 Å². The summed E-state index contributed by atoms with van der Waals surface area (Å²) in [6.45, 7) is 0. The standard InChI is InChI=1S/C13H12FN3O/c14-9-2-1-3-10(7-9)17-13(18)8-4-5-11(15)12(16)6-8/h1-7H,15-16H2,(H,17,18). The lowest BCUT2D eigenvalue weighted by molar-refractivity contribution is 0.102. The van der Waals surface area contributed by atoms with Gasteiger partial charge in [0.1, 0.15) is 5.82 Å². The van der Waals surface area contributed by atoms with Gasteiger partial charge in [-0.2, -0.15) is 0 Å². The molecule has 2 rings (SSSR count). The van der Waals surface area contributed by atoms with Crippen LogP contribution in [0.4, 0.5) is 21.5 Å². The van der Waals surface area contributed by atoms with E-state index in [2.05, 4.69) is 5.32 Å². The van der Waals surface area contributed by atoms with E-state index < -0.39 is 5.82 Å². The first-order valence-electron chi connectivity index (χ1n) is 5.28. The molecule has 2 aromatic carbocycles. The van der Waals surface area contributed by atoms with Crippen LogP contribution in [0.15, 0.2) is 42.5 Å². The van der Waals surface area contributed by atoms with Crippen LogP contribution < -0.4 is 16.8 Å². The molecule has 0 atom stereocenters. The van der Waals surface area contributed by atoms with Crippen LogP contribution in [0.25, 0.3) is 0 Å². The fourth-order valence-corrected chi connectivity index (χ4v) is 1.49. The van der Waals surface area contributed by atoms with Gasteiger partial charge in [-0.25, -0.2) is 4.39 Å². The number of amides is 1. The zero-order valence-corrected chi connectivity index (χ0v) is 9.48. The Hall–Kier alpha value is -2.56. The summed E-state index contributed by atoms with van der Waals surface area (Å²) in [7, 11) is 0. The van der Waals surface area contributed by atoms with E-state index in [1.54, 1.807) is 18.2 Å². The highest BCUT2D eigenvalue weighted by molar-refractivity contribution is 6.05. The maximum Gasteiger partial charge on any atom is 0.255 e. The van der Waals surface area contributed by atoms with Gasteiger partial charge in [0.05, 0.1) is 11.4 Å². The number of carbonyl (C=O) groups excluding carboxylic acids is 1. The van der Waals surface area contributed by atoms with Crippen LogP contribution in [0.3, 0.4) is 0 Å². The molecule has 0 aromatic heterocycles. The van der Waals surface area contributed by atoms with Gasteiger partial charge in [0.2, 0.25) is 0 Å². The van der Waals surface area contributed by atoms with Crippen molar-refractivity contribution >= 4 is 23.0 Å². The van der Waals surface area contributed by atoms with Crippen LogP contribution in [0, 0.1) is 5.82 Å². The average Bonchev–Trinajstić information content (AvgIpc) is 2.32. The molecule has 5 heteroatoms. The molecule has 2 aromatic rings. The summed E-state index contributed by atoms with van der Waals surface area (Å²) >= 11 is 0. The largest absolute Gasteiger partial charge is 0.397 e. The van der Waals surface area contributed by atoms with E-state index in [0.717, 1.165) is 0 Å². The van der Waals surface area contributed by atoms with Crippen molar-refractivity contribution in [2.45, 2.75) is 0 Å². The third kappa shape index (κ3) is 2.57. The van der Waals surface area contributed by atoms with E-state index in [9.17, 15) is 9.18 Å². The van der Waals surface area contributed by atoms with Crippen molar-refractivity contribution in [1.29, 1.82) is 0 Å². The zero-order chi connectivity index (χ0) is 13.1. The smallest absolute Gasteiger partial charge is 0.255 e. The van der Waals surface area contributed by atoms with Gasteiger partial charge in [-0.05, 0) is 36.4 Å². The van der Waals surface area contributed by atoms with Crippen molar-refractivity contribution in [2.75, 3.05) is 16.8 Å². The minimum absolute atomic E-state index is 0.335. The molecule has 0 saturated heterocycles. The van der Waals surface area contributed by atoms with Crippen LogP contribution >= 0.6 is 0 Å². The molecule has 5 N–H and O–H groups in total. The van der Waals surface area contributed by atoms with E-state index >= 15 is 0 Å². The van der Waals surface area contributed by atoms with Gasteiger partial charge in [-0.15, -0.1) is 0 Å². The van der Waals surface area contributed by atoms with Gasteiger partial charge < -0.3 is 16.8 Å². The molecule has 0 unspecified atom stereocenters. The predicted molar refractivity (Wildman–Crippen MR) is 69.6 cm³/mol. The van der Waals surface area contributed by atoms with Gasteiger partial charge in [0.25, 0.3) is 5.91 Å². The quantitative estimate of drug-likeness (QED) is 0.710. The number of nitrogens with two attached hydrogens (primary N) is 2.